The van der Waals surface area contributed by atoms with Gasteiger partial charge in [0.15, 0.2) is 5.82 Å². The monoisotopic (exact) mass is 691 g/mol. The van der Waals surface area contributed by atoms with Crippen LogP contribution in [0.5, 0.6) is 0 Å². The molecule has 5 heteroatoms. The average molecular weight is 692 g/mol. The van der Waals surface area contributed by atoms with Gasteiger partial charge in [0, 0.05) is 34.6 Å². The van der Waals surface area contributed by atoms with E-state index in [-0.39, 0.29) is 0 Å². The summed E-state index contributed by atoms with van der Waals surface area (Å²) in [5.74, 6) is 0.705. The van der Waals surface area contributed by atoms with Crippen molar-refractivity contribution in [2.75, 3.05) is 0 Å². The van der Waals surface area contributed by atoms with Crippen molar-refractivity contribution in [1.29, 1.82) is 0 Å². The van der Waals surface area contributed by atoms with Crippen molar-refractivity contribution in [2.45, 2.75) is 0 Å². The van der Waals surface area contributed by atoms with Crippen LogP contribution in [-0.2, 0) is 0 Å². The van der Waals surface area contributed by atoms with Gasteiger partial charge in [-0.25, -0.2) is 15.0 Å². The molecule has 0 saturated carbocycles. The van der Waals surface area contributed by atoms with Crippen molar-refractivity contribution in [1.82, 2.24) is 24.9 Å². The Hall–Kier alpha value is -7.37. The minimum absolute atomic E-state index is 0.705. The molecule has 0 N–H and O–H groups in total. The Morgan fingerprint density at radius 3 is 1.39 bits per heavy atom. The van der Waals surface area contributed by atoms with E-state index in [0.717, 1.165) is 84.2 Å². The Morgan fingerprint density at radius 2 is 0.759 bits per heavy atom. The third-order valence-electron chi connectivity index (χ3n) is 9.45. The molecule has 0 bridgehead atoms. The van der Waals surface area contributed by atoms with Gasteiger partial charge in [-0.15, -0.1) is 0 Å². The van der Waals surface area contributed by atoms with E-state index in [9.17, 15) is 0 Å². The van der Waals surface area contributed by atoms with Gasteiger partial charge in [0.2, 0.25) is 0 Å². The lowest BCUT2D eigenvalue weighted by Gasteiger charge is -2.13. The van der Waals surface area contributed by atoms with Gasteiger partial charge in [0.1, 0.15) is 0 Å². The molecule has 0 fully saturated rings. The number of hydrogen-bond donors (Lipinski definition) is 0. The summed E-state index contributed by atoms with van der Waals surface area (Å²) in [7, 11) is 0. The number of pyridine rings is 3. The SMILES string of the molecule is c1ccc(-c2cc(-c3ccccn3)nc(-c3ncccc3-c3ccc(-c4ccc(-c5cc(-c6ccccc6)nc(-c6ccccc6)n5)cc4)cc3)c2)cc1. The Bertz CT molecular complexity index is 2550. The highest BCUT2D eigenvalue weighted by Crippen LogP contribution is 2.35. The van der Waals surface area contributed by atoms with Crippen LogP contribution in [0.25, 0.3) is 90.1 Å². The zero-order valence-electron chi connectivity index (χ0n) is 29.3. The Balaban J connectivity index is 1.04. The van der Waals surface area contributed by atoms with Crippen LogP contribution in [0.15, 0.2) is 200 Å². The van der Waals surface area contributed by atoms with Gasteiger partial charge < -0.3 is 0 Å². The number of rotatable bonds is 8. The summed E-state index contributed by atoms with van der Waals surface area (Å²) in [6.07, 6.45) is 3.63. The predicted octanol–water partition coefficient (Wildman–Crippen LogP) is 12.0. The fraction of sp³-hybridized carbons (Fsp3) is 0. The third-order valence-corrected chi connectivity index (χ3v) is 9.45. The van der Waals surface area contributed by atoms with Crippen LogP contribution in [0, 0.1) is 0 Å². The van der Waals surface area contributed by atoms with Gasteiger partial charge in [0.05, 0.1) is 34.2 Å². The molecule has 9 rings (SSSR count). The number of hydrogen-bond acceptors (Lipinski definition) is 5. The zero-order valence-corrected chi connectivity index (χ0v) is 29.3. The summed E-state index contributed by atoms with van der Waals surface area (Å²) in [4.78, 5) is 24.5. The highest BCUT2D eigenvalue weighted by molar-refractivity contribution is 5.84. The van der Waals surface area contributed by atoms with Gasteiger partial charge in [-0.2, -0.15) is 0 Å². The summed E-state index contributed by atoms with van der Waals surface area (Å²) in [6.45, 7) is 0. The molecule has 0 atom stereocenters. The second-order valence-electron chi connectivity index (χ2n) is 13.0. The number of aromatic nitrogens is 5. The third kappa shape index (κ3) is 6.82. The molecule has 0 aliphatic heterocycles. The lowest BCUT2D eigenvalue weighted by molar-refractivity contribution is 1.18. The van der Waals surface area contributed by atoms with Crippen molar-refractivity contribution in [3.8, 4) is 90.1 Å². The van der Waals surface area contributed by atoms with E-state index in [4.69, 9.17) is 19.9 Å². The van der Waals surface area contributed by atoms with Crippen LogP contribution < -0.4 is 0 Å². The molecule has 0 saturated heterocycles. The molecule has 0 radical (unpaired) electrons. The predicted molar refractivity (Wildman–Crippen MR) is 219 cm³/mol. The van der Waals surface area contributed by atoms with E-state index in [1.165, 1.54) is 0 Å². The Labute approximate surface area is 314 Å². The van der Waals surface area contributed by atoms with E-state index in [1.807, 2.05) is 85.1 Å². The largest absolute Gasteiger partial charge is 0.255 e. The molecule has 254 valence electrons. The lowest BCUT2D eigenvalue weighted by Crippen LogP contribution is -1.96. The van der Waals surface area contributed by atoms with Crippen molar-refractivity contribution in [2.24, 2.45) is 0 Å². The molecule has 5 nitrogen and oxygen atoms in total. The average Bonchev–Trinajstić information content (AvgIpc) is 3.27. The van der Waals surface area contributed by atoms with E-state index in [1.54, 1.807) is 6.20 Å². The van der Waals surface area contributed by atoms with Crippen molar-refractivity contribution >= 4 is 0 Å². The molecular weight excluding hydrogens is 659 g/mol. The van der Waals surface area contributed by atoms with Crippen LogP contribution in [0.1, 0.15) is 0 Å². The van der Waals surface area contributed by atoms with Crippen LogP contribution in [0.4, 0.5) is 0 Å². The molecule has 54 heavy (non-hydrogen) atoms. The molecule has 9 aromatic rings. The van der Waals surface area contributed by atoms with Crippen LogP contribution >= 0.6 is 0 Å². The number of nitrogens with zero attached hydrogens (tertiary/aromatic N) is 5. The quantitative estimate of drug-likeness (QED) is 0.159. The Kier molecular flexibility index (Phi) is 8.86. The fourth-order valence-electron chi connectivity index (χ4n) is 6.68. The van der Waals surface area contributed by atoms with Gasteiger partial charge >= 0.3 is 0 Å². The minimum Gasteiger partial charge on any atom is -0.255 e. The summed E-state index contributed by atoms with van der Waals surface area (Å²) < 4.78 is 0. The van der Waals surface area contributed by atoms with E-state index < -0.39 is 0 Å². The summed E-state index contributed by atoms with van der Waals surface area (Å²) in [6, 6.07) is 64.3. The molecule has 0 spiro atoms. The van der Waals surface area contributed by atoms with Gasteiger partial charge in [-0.1, -0.05) is 152 Å². The van der Waals surface area contributed by atoms with E-state index in [0.29, 0.717) is 5.82 Å². The molecule has 0 aliphatic rings. The first-order valence-corrected chi connectivity index (χ1v) is 17.9. The molecular formula is C49H33N5. The first-order chi connectivity index (χ1) is 26.7. The van der Waals surface area contributed by atoms with Gasteiger partial charge in [-0.3, -0.25) is 9.97 Å². The van der Waals surface area contributed by atoms with Crippen molar-refractivity contribution in [3.05, 3.63) is 200 Å². The van der Waals surface area contributed by atoms with Crippen molar-refractivity contribution in [3.63, 3.8) is 0 Å². The van der Waals surface area contributed by atoms with E-state index in [2.05, 4.69) is 114 Å². The second-order valence-corrected chi connectivity index (χ2v) is 13.0. The molecule has 0 unspecified atom stereocenters. The molecule has 0 aliphatic carbocycles. The van der Waals surface area contributed by atoms with Crippen molar-refractivity contribution < 1.29 is 0 Å². The molecule has 0 amide bonds. The maximum Gasteiger partial charge on any atom is 0.160 e. The first-order valence-electron chi connectivity index (χ1n) is 17.9. The summed E-state index contributed by atoms with van der Waals surface area (Å²) >= 11 is 0. The van der Waals surface area contributed by atoms with Crippen LogP contribution in [0.3, 0.4) is 0 Å². The van der Waals surface area contributed by atoms with Gasteiger partial charge in [-0.05, 0) is 64.2 Å². The van der Waals surface area contributed by atoms with Crippen LogP contribution in [-0.4, -0.2) is 24.9 Å². The minimum atomic E-state index is 0.705. The highest BCUT2D eigenvalue weighted by atomic mass is 14.9. The molecule has 4 aromatic heterocycles. The van der Waals surface area contributed by atoms with E-state index >= 15 is 0 Å². The van der Waals surface area contributed by atoms with Gasteiger partial charge in [0.25, 0.3) is 0 Å². The topological polar surface area (TPSA) is 64.5 Å². The smallest absolute Gasteiger partial charge is 0.160 e. The van der Waals surface area contributed by atoms with Crippen LogP contribution in [0.2, 0.25) is 0 Å². The normalized spacial score (nSPS) is 11.0. The standard InChI is InChI=1S/C49H33N5/c1-4-13-34(14-5-1)41-31-46(43-20-10-11-29-50-43)52-47(32-41)48-42(19-12-30-51-48)37-25-21-35(22-26-37)36-23-27-39(28-24-36)45-33-44(38-15-6-2-7-16-38)53-49(54-45)40-17-8-3-9-18-40/h1-33H. The maximum absolute atomic E-state index is 5.10. The summed E-state index contributed by atoms with van der Waals surface area (Å²) in [5, 5.41) is 0. The highest BCUT2D eigenvalue weighted by Gasteiger charge is 2.15. The lowest BCUT2D eigenvalue weighted by atomic mass is 9.96. The fourth-order valence-corrected chi connectivity index (χ4v) is 6.68. The molecule has 5 aromatic carbocycles. The maximum atomic E-state index is 5.10. The Morgan fingerprint density at radius 1 is 0.259 bits per heavy atom. The number of benzene rings is 5. The first kappa shape index (κ1) is 32.5. The summed E-state index contributed by atoms with van der Waals surface area (Å²) in [5.41, 5.74) is 14.6. The second kappa shape index (κ2) is 14.7. The molecule has 4 heterocycles. The zero-order chi connectivity index (χ0) is 36.1.